The van der Waals surface area contributed by atoms with Gasteiger partial charge in [-0.2, -0.15) is 0 Å². The first-order valence-corrected chi connectivity index (χ1v) is 7.10. The minimum absolute atomic E-state index is 0.0856. The summed E-state index contributed by atoms with van der Waals surface area (Å²) >= 11 is 7.33. The van der Waals surface area contributed by atoms with Crippen LogP contribution in [0.3, 0.4) is 0 Å². The van der Waals surface area contributed by atoms with E-state index in [9.17, 15) is 4.79 Å². The molecule has 1 aromatic carbocycles. The zero-order valence-corrected chi connectivity index (χ0v) is 12.4. The number of thiophene rings is 1. The molecule has 0 bridgehead atoms. The summed E-state index contributed by atoms with van der Waals surface area (Å²) in [5.74, 6) is -0.0856. The van der Waals surface area contributed by atoms with Gasteiger partial charge in [-0.05, 0) is 31.2 Å². The van der Waals surface area contributed by atoms with Gasteiger partial charge in [-0.3, -0.25) is 4.79 Å². The number of halogens is 1. The molecule has 1 aromatic heterocycles. The van der Waals surface area contributed by atoms with Gasteiger partial charge in [0.1, 0.15) is 0 Å². The van der Waals surface area contributed by atoms with Crippen LogP contribution in [0.2, 0.25) is 4.34 Å². The normalized spacial score (nSPS) is 10.3. The van der Waals surface area contributed by atoms with E-state index in [1.807, 2.05) is 37.3 Å². The first-order valence-electron chi connectivity index (χ1n) is 5.91. The van der Waals surface area contributed by atoms with Crippen LogP contribution in [-0.2, 0) is 6.54 Å². The molecular formula is C14H15ClN2OS. The predicted octanol–water partition coefficient (Wildman–Crippen LogP) is 3.68. The van der Waals surface area contributed by atoms with Crippen LogP contribution in [0.25, 0.3) is 0 Å². The van der Waals surface area contributed by atoms with Crippen molar-refractivity contribution in [3.63, 3.8) is 0 Å². The Hall–Kier alpha value is -1.52. The fourth-order valence-electron chi connectivity index (χ4n) is 1.77. The van der Waals surface area contributed by atoms with Gasteiger partial charge in [0.25, 0.3) is 5.91 Å². The van der Waals surface area contributed by atoms with Crippen LogP contribution in [0.4, 0.5) is 5.69 Å². The zero-order valence-electron chi connectivity index (χ0n) is 10.8. The number of carbonyl (C=O) groups excluding carboxylic acids is 1. The van der Waals surface area contributed by atoms with Gasteiger partial charge < -0.3 is 10.6 Å². The first-order chi connectivity index (χ1) is 9.10. The molecule has 0 saturated heterocycles. The summed E-state index contributed by atoms with van der Waals surface area (Å²) in [6.07, 6.45) is 0. The topological polar surface area (TPSA) is 41.1 Å². The Balaban J connectivity index is 2.09. The number of carbonyl (C=O) groups is 1. The molecule has 100 valence electrons. The fraction of sp³-hybridized carbons (Fsp3) is 0.214. The number of nitrogens with one attached hydrogen (secondary N) is 2. The molecule has 1 amide bonds. The molecule has 2 rings (SSSR count). The highest BCUT2D eigenvalue weighted by Crippen LogP contribution is 2.21. The van der Waals surface area contributed by atoms with E-state index in [0.29, 0.717) is 12.1 Å². The number of rotatable bonds is 4. The Labute approximate surface area is 121 Å². The lowest BCUT2D eigenvalue weighted by atomic mass is 10.1. The standard InChI is InChI=1S/C14H15ClN2OS/c1-9-3-5-12(16-2)11(7-9)14(18)17-8-10-4-6-13(15)19-10/h3-7,16H,8H2,1-2H3,(H,17,18). The van der Waals surface area contributed by atoms with Crippen molar-refractivity contribution in [1.82, 2.24) is 5.32 Å². The molecule has 1 heterocycles. The SMILES string of the molecule is CNc1ccc(C)cc1C(=O)NCc1ccc(Cl)s1. The summed E-state index contributed by atoms with van der Waals surface area (Å²) in [5, 5.41) is 5.93. The van der Waals surface area contributed by atoms with E-state index < -0.39 is 0 Å². The van der Waals surface area contributed by atoms with E-state index in [1.165, 1.54) is 11.3 Å². The van der Waals surface area contributed by atoms with E-state index >= 15 is 0 Å². The maximum absolute atomic E-state index is 12.2. The third-order valence-electron chi connectivity index (χ3n) is 2.74. The summed E-state index contributed by atoms with van der Waals surface area (Å²) in [6.45, 7) is 2.46. The van der Waals surface area contributed by atoms with Crippen molar-refractivity contribution in [3.8, 4) is 0 Å². The van der Waals surface area contributed by atoms with Crippen molar-refractivity contribution in [3.05, 3.63) is 50.7 Å². The summed E-state index contributed by atoms with van der Waals surface area (Å²) in [7, 11) is 1.81. The van der Waals surface area contributed by atoms with Crippen molar-refractivity contribution in [2.75, 3.05) is 12.4 Å². The molecule has 0 aliphatic rings. The molecule has 3 nitrogen and oxygen atoms in total. The van der Waals surface area contributed by atoms with E-state index in [4.69, 9.17) is 11.6 Å². The lowest BCUT2D eigenvalue weighted by molar-refractivity contribution is 0.0952. The van der Waals surface area contributed by atoms with Gasteiger partial charge in [0.05, 0.1) is 16.4 Å². The molecule has 2 aromatic rings. The van der Waals surface area contributed by atoms with Crippen LogP contribution in [0, 0.1) is 6.92 Å². The second kappa shape index (κ2) is 6.08. The third-order valence-corrected chi connectivity index (χ3v) is 3.97. The summed E-state index contributed by atoms with van der Waals surface area (Å²) < 4.78 is 0.732. The number of amides is 1. The van der Waals surface area contributed by atoms with E-state index in [0.717, 1.165) is 20.5 Å². The Morgan fingerprint density at radius 1 is 1.32 bits per heavy atom. The van der Waals surface area contributed by atoms with Gasteiger partial charge in [0, 0.05) is 17.6 Å². The highest BCUT2D eigenvalue weighted by molar-refractivity contribution is 7.16. The Morgan fingerprint density at radius 3 is 2.74 bits per heavy atom. The van der Waals surface area contributed by atoms with Gasteiger partial charge in [-0.1, -0.05) is 23.2 Å². The van der Waals surface area contributed by atoms with Crippen LogP contribution in [0.15, 0.2) is 30.3 Å². The monoisotopic (exact) mass is 294 g/mol. The molecule has 0 saturated carbocycles. The highest BCUT2D eigenvalue weighted by Gasteiger charge is 2.11. The minimum atomic E-state index is -0.0856. The smallest absolute Gasteiger partial charge is 0.253 e. The Kier molecular flexibility index (Phi) is 4.45. The predicted molar refractivity (Wildman–Crippen MR) is 81.2 cm³/mol. The molecule has 0 atom stereocenters. The minimum Gasteiger partial charge on any atom is -0.387 e. The molecule has 0 aliphatic heterocycles. The van der Waals surface area contributed by atoms with Crippen molar-refractivity contribution in [2.45, 2.75) is 13.5 Å². The number of benzene rings is 1. The van der Waals surface area contributed by atoms with Crippen molar-refractivity contribution >= 4 is 34.5 Å². The number of aryl methyl sites for hydroxylation is 1. The largest absolute Gasteiger partial charge is 0.387 e. The second-order valence-corrected chi connectivity index (χ2v) is 5.99. The van der Waals surface area contributed by atoms with E-state index in [2.05, 4.69) is 10.6 Å². The average molecular weight is 295 g/mol. The lowest BCUT2D eigenvalue weighted by Gasteiger charge is -2.10. The van der Waals surface area contributed by atoms with Crippen molar-refractivity contribution < 1.29 is 4.79 Å². The molecular weight excluding hydrogens is 280 g/mol. The van der Waals surface area contributed by atoms with Crippen molar-refractivity contribution in [2.24, 2.45) is 0 Å². The summed E-state index contributed by atoms with van der Waals surface area (Å²) in [6, 6.07) is 9.51. The molecule has 19 heavy (non-hydrogen) atoms. The van der Waals surface area contributed by atoms with Crippen LogP contribution in [0.5, 0.6) is 0 Å². The van der Waals surface area contributed by atoms with Crippen LogP contribution in [-0.4, -0.2) is 13.0 Å². The maximum atomic E-state index is 12.2. The van der Waals surface area contributed by atoms with E-state index in [-0.39, 0.29) is 5.91 Å². The van der Waals surface area contributed by atoms with Crippen LogP contribution in [0.1, 0.15) is 20.8 Å². The molecule has 5 heteroatoms. The molecule has 0 spiro atoms. The van der Waals surface area contributed by atoms with Crippen LogP contribution >= 0.6 is 22.9 Å². The number of hydrogen-bond acceptors (Lipinski definition) is 3. The van der Waals surface area contributed by atoms with Gasteiger partial charge >= 0.3 is 0 Å². The van der Waals surface area contributed by atoms with Gasteiger partial charge in [0.2, 0.25) is 0 Å². The highest BCUT2D eigenvalue weighted by atomic mass is 35.5. The lowest BCUT2D eigenvalue weighted by Crippen LogP contribution is -2.23. The maximum Gasteiger partial charge on any atom is 0.253 e. The molecule has 0 aliphatic carbocycles. The third kappa shape index (κ3) is 3.49. The first kappa shape index (κ1) is 13.9. The van der Waals surface area contributed by atoms with Crippen molar-refractivity contribution in [1.29, 1.82) is 0 Å². The molecule has 2 N–H and O–H groups in total. The Bertz CT molecular complexity index is 595. The quantitative estimate of drug-likeness (QED) is 0.903. The Morgan fingerprint density at radius 2 is 2.11 bits per heavy atom. The fourth-order valence-corrected chi connectivity index (χ4v) is 2.80. The van der Waals surface area contributed by atoms with Gasteiger partial charge in [-0.15, -0.1) is 11.3 Å². The molecule has 0 radical (unpaired) electrons. The molecule has 0 fully saturated rings. The van der Waals surface area contributed by atoms with Gasteiger partial charge in [0.15, 0.2) is 0 Å². The van der Waals surface area contributed by atoms with Gasteiger partial charge in [-0.25, -0.2) is 0 Å². The number of anilines is 1. The zero-order chi connectivity index (χ0) is 13.8. The molecule has 0 unspecified atom stereocenters. The summed E-state index contributed by atoms with van der Waals surface area (Å²) in [4.78, 5) is 13.2. The summed E-state index contributed by atoms with van der Waals surface area (Å²) in [5.41, 5.74) is 2.54. The van der Waals surface area contributed by atoms with Crippen LogP contribution < -0.4 is 10.6 Å². The van der Waals surface area contributed by atoms with E-state index in [1.54, 1.807) is 7.05 Å². The number of hydrogen-bond donors (Lipinski definition) is 2. The average Bonchev–Trinajstić information content (AvgIpc) is 2.81. The second-order valence-electron chi connectivity index (χ2n) is 4.19.